The summed E-state index contributed by atoms with van der Waals surface area (Å²) in [5.74, 6) is 1.91. The van der Waals surface area contributed by atoms with Gasteiger partial charge in [-0.2, -0.15) is 0 Å². The van der Waals surface area contributed by atoms with E-state index < -0.39 is 0 Å². The molecule has 1 N–H and O–H groups in total. The predicted molar refractivity (Wildman–Crippen MR) is 85.4 cm³/mol. The van der Waals surface area contributed by atoms with Crippen LogP contribution in [0.3, 0.4) is 0 Å². The molecule has 2 aliphatic carbocycles. The van der Waals surface area contributed by atoms with Crippen LogP contribution < -0.4 is 4.90 Å². The molecule has 112 valence electrons. The molecule has 1 atom stereocenters. The lowest BCUT2D eigenvalue weighted by Crippen LogP contribution is -2.51. The molecule has 2 fully saturated rings. The molecule has 0 saturated heterocycles. The first-order chi connectivity index (χ1) is 10.2. The maximum atomic E-state index is 4.55. The maximum Gasteiger partial charge on any atom is 0.142 e. The Bertz CT molecular complexity index is 635. The second-order valence-corrected chi connectivity index (χ2v) is 7.05. The standard InChI is InChI=1S/C17H24N4/c1-3-14(12-9-17(10-12)6-4-7-17)21(2)16-13-5-8-18-15(13)19-11-20-16/h5,8,11-12,14H,3-4,6-7,9-10H2,1-2H3,(H,18,19,20). The molecule has 0 bridgehead atoms. The van der Waals surface area contributed by atoms with Crippen molar-refractivity contribution in [1.29, 1.82) is 0 Å². The lowest BCUT2D eigenvalue weighted by molar-refractivity contribution is -0.0358. The van der Waals surface area contributed by atoms with Gasteiger partial charge in [0.05, 0.1) is 5.39 Å². The number of nitrogens with zero attached hydrogens (tertiary/aromatic N) is 3. The number of aromatic nitrogens is 3. The second kappa shape index (κ2) is 4.72. The molecule has 2 aliphatic rings. The average molecular weight is 284 g/mol. The molecule has 2 saturated carbocycles. The molecule has 4 rings (SSSR count). The molecule has 4 heteroatoms. The van der Waals surface area contributed by atoms with E-state index in [0.717, 1.165) is 28.2 Å². The topological polar surface area (TPSA) is 44.8 Å². The van der Waals surface area contributed by atoms with Gasteiger partial charge in [-0.3, -0.25) is 0 Å². The van der Waals surface area contributed by atoms with Gasteiger partial charge in [0.25, 0.3) is 0 Å². The van der Waals surface area contributed by atoms with E-state index in [0.29, 0.717) is 6.04 Å². The van der Waals surface area contributed by atoms with E-state index in [9.17, 15) is 0 Å². The summed E-state index contributed by atoms with van der Waals surface area (Å²) in [6, 6.07) is 2.69. The van der Waals surface area contributed by atoms with Crippen LogP contribution >= 0.6 is 0 Å². The van der Waals surface area contributed by atoms with E-state index >= 15 is 0 Å². The molecule has 0 radical (unpaired) electrons. The smallest absolute Gasteiger partial charge is 0.142 e. The minimum absolute atomic E-state index is 0.601. The summed E-state index contributed by atoms with van der Waals surface area (Å²) in [6.07, 6.45) is 12.1. The van der Waals surface area contributed by atoms with Gasteiger partial charge >= 0.3 is 0 Å². The summed E-state index contributed by atoms with van der Waals surface area (Å²) in [7, 11) is 2.20. The Hall–Kier alpha value is -1.58. The fourth-order valence-electron chi connectivity index (χ4n) is 4.63. The van der Waals surface area contributed by atoms with Gasteiger partial charge in [0.1, 0.15) is 17.8 Å². The lowest BCUT2D eigenvalue weighted by atomic mass is 9.50. The SMILES string of the molecule is CCC(C1CC2(CCC2)C1)N(C)c1ncnc2[nH]ccc12. The third kappa shape index (κ3) is 1.95. The van der Waals surface area contributed by atoms with Crippen LogP contribution in [0.1, 0.15) is 45.4 Å². The van der Waals surface area contributed by atoms with Crippen molar-refractivity contribution < 1.29 is 0 Å². The monoisotopic (exact) mass is 284 g/mol. The van der Waals surface area contributed by atoms with Crippen LogP contribution in [-0.2, 0) is 0 Å². The Morgan fingerprint density at radius 2 is 2.19 bits per heavy atom. The Kier molecular flexibility index (Phi) is 2.95. The first kappa shape index (κ1) is 13.1. The van der Waals surface area contributed by atoms with Crippen LogP contribution in [0.2, 0.25) is 0 Å². The Balaban J connectivity index is 1.57. The summed E-state index contributed by atoms with van der Waals surface area (Å²) in [5.41, 5.74) is 1.68. The summed E-state index contributed by atoms with van der Waals surface area (Å²) in [4.78, 5) is 14.4. The van der Waals surface area contributed by atoms with Gasteiger partial charge in [-0.1, -0.05) is 13.3 Å². The molecule has 0 aromatic carbocycles. The highest BCUT2D eigenvalue weighted by atomic mass is 15.2. The number of hydrogen-bond acceptors (Lipinski definition) is 3. The average Bonchev–Trinajstić information content (AvgIpc) is 2.87. The van der Waals surface area contributed by atoms with Gasteiger partial charge in [-0.15, -0.1) is 0 Å². The molecule has 0 amide bonds. The zero-order valence-corrected chi connectivity index (χ0v) is 13.0. The summed E-state index contributed by atoms with van der Waals surface area (Å²) in [5, 5.41) is 1.14. The summed E-state index contributed by atoms with van der Waals surface area (Å²) >= 11 is 0. The van der Waals surface area contributed by atoms with Crippen LogP contribution in [0.5, 0.6) is 0 Å². The van der Waals surface area contributed by atoms with E-state index in [1.807, 2.05) is 6.20 Å². The quantitative estimate of drug-likeness (QED) is 0.930. The molecule has 1 unspecified atom stereocenters. The largest absolute Gasteiger partial charge is 0.356 e. The van der Waals surface area contributed by atoms with E-state index in [1.54, 1.807) is 6.33 Å². The zero-order valence-electron chi connectivity index (χ0n) is 13.0. The molecule has 4 nitrogen and oxygen atoms in total. The lowest BCUT2D eigenvalue weighted by Gasteiger charge is -2.57. The number of H-pyrrole nitrogens is 1. The van der Waals surface area contributed by atoms with Crippen molar-refractivity contribution in [3.63, 3.8) is 0 Å². The van der Waals surface area contributed by atoms with Crippen molar-refractivity contribution in [2.75, 3.05) is 11.9 Å². The minimum atomic E-state index is 0.601. The first-order valence-electron chi connectivity index (χ1n) is 8.23. The molecule has 2 aromatic rings. The third-order valence-corrected chi connectivity index (χ3v) is 5.93. The van der Waals surface area contributed by atoms with Crippen LogP contribution in [0, 0.1) is 11.3 Å². The van der Waals surface area contributed by atoms with Gasteiger partial charge in [0, 0.05) is 19.3 Å². The summed E-state index contributed by atoms with van der Waals surface area (Å²) in [6.45, 7) is 2.31. The Labute approximate surface area is 126 Å². The number of nitrogens with one attached hydrogen (secondary N) is 1. The third-order valence-electron chi connectivity index (χ3n) is 5.93. The van der Waals surface area contributed by atoms with Crippen molar-refractivity contribution in [3.05, 3.63) is 18.6 Å². The van der Waals surface area contributed by atoms with E-state index in [-0.39, 0.29) is 0 Å². The molecule has 2 aromatic heterocycles. The van der Waals surface area contributed by atoms with Crippen LogP contribution in [0.15, 0.2) is 18.6 Å². The highest BCUT2D eigenvalue weighted by molar-refractivity contribution is 5.87. The van der Waals surface area contributed by atoms with Crippen LogP contribution in [-0.4, -0.2) is 28.0 Å². The molecular weight excluding hydrogens is 260 g/mol. The molecule has 1 spiro atoms. The Morgan fingerprint density at radius 3 is 2.86 bits per heavy atom. The number of anilines is 1. The van der Waals surface area contributed by atoms with Crippen molar-refractivity contribution in [2.45, 2.75) is 51.5 Å². The summed E-state index contributed by atoms with van der Waals surface area (Å²) < 4.78 is 0. The fraction of sp³-hybridized carbons (Fsp3) is 0.647. The van der Waals surface area contributed by atoms with Crippen LogP contribution in [0.4, 0.5) is 5.82 Å². The van der Waals surface area contributed by atoms with E-state index in [2.05, 4.69) is 39.9 Å². The van der Waals surface area contributed by atoms with Crippen molar-refractivity contribution in [3.8, 4) is 0 Å². The highest BCUT2D eigenvalue weighted by Gasteiger charge is 2.50. The van der Waals surface area contributed by atoms with Gasteiger partial charge in [0.15, 0.2) is 0 Å². The number of aromatic amines is 1. The molecule has 2 heterocycles. The molecule has 21 heavy (non-hydrogen) atoms. The van der Waals surface area contributed by atoms with Gasteiger partial charge in [0.2, 0.25) is 0 Å². The zero-order chi connectivity index (χ0) is 14.4. The Morgan fingerprint density at radius 1 is 1.38 bits per heavy atom. The first-order valence-corrected chi connectivity index (χ1v) is 8.23. The second-order valence-electron chi connectivity index (χ2n) is 7.05. The van der Waals surface area contributed by atoms with Gasteiger partial charge in [-0.25, -0.2) is 9.97 Å². The maximum absolute atomic E-state index is 4.55. The predicted octanol–water partition coefficient (Wildman–Crippen LogP) is 3.75. The normalized spacial score (nSPS) is 22.0. The number of hydrogen-bond donors (Lipinski definition) is 1. The van der Waals surface area contributed by atoms with Crippen LogP contribution in [0.25, 0.3) is 11.0 Å². The molecular formula is C17H24N4. The van der Waals surface area contributed by atoms with Gasteiger partial charge < -0.3 is 9.88 Å². The van der Waals surface area contributed by atoms with Crippen molar-refractivity contribution >= 4 is 16.9 Å². The highest BCUT2D eigenvalue weighted by Crippen LogP contribution is 2.60. The number of rotatable bonds is 4. The van der Waals surface area contributed by atoms with E-state index in [1.165, 1.54) is 38.5 Å². The molecule has 0 aliphatic heterocycles. The van der Waals surface area contributed by atoms with Crippen molar-refractivity contribution in [1.82, 2.24) is 15.0 Å². The van der Waals surface area contributed by atoms with Crippen molar-refractivity contribution in [2.24, 2.45) is 11.3 Å². The minimum Gasteiger partial charge on any atom is -0.356 e. The fourth-order valence-corrected chi connectivity index (χ4v) is 4.63. The van der Waals surface area contributed by atoms with Gasteiger partial charge in [-0.05, 0) is 49.5 Å². The number of fused-ring (bicyclic) bond motifs is 1. The van der Waals surface area contributed by atoms with E-state index in [4.69, 9.17) is 0 Å².